The molecule has 0 saturated carbocycles. The van der Waals surface area contributed by atoms with Crippen molar-refractivity contribution in [2.24, 2.45) is 0 Å². The number of nitrogens with one attached hydrogen (secondary N) is 3. The number of hydrogen-bond acceptors (Lipinski definition) is 4. The monoisotopic (exact) mass is 323 g/mol. The fraction of sp³-hybridized carbons (Fsp3) is 0.562. The van der Waals surface area contributed by atoms with Crippen molar-refractivity contribution in [1.29, 1.82) is 0 Å². The van der Waals surface area contributed by atoms with Crippen molar-refractivity contribution < 1.29 is 19.1 Å². The lowest BCUT2D eigenvalue weighted by molar-refractivity contribution is -0.121. The zero-order valence-electron chi connectivity index (χ0n) is 14.3. The standard InChI is InChI=1S/C16H25N3O4/c1-6-9(2)18-12(20)7-8-17-15(21)14-10(3)13(11(4)19-14)16(22)23-5/h9,19H,6-8H2,1-5H3,(H,17,21)(H,18,20)/t9-/m1/s1. The van der Waals surface area contributed by atoms with Crippen LogP contribution in [-0.2, 0) is 9.53 Å². The van der Waals surface area contributed by atoms with Crippen LogP contribution >= 0.6 is 0 Å². The Balaban J connectivity index is 2.63. The van der Waals surface area contributed by atoms with Crippen molar-refractivity contribution in [2.45, 2.75) is 46.6 Å². The minimum absolute atomic E-state index is 0.103. The number of aromatic nitrogens is 1. The minimum Gasteiger partial charge on any atom is -0.465 e. The molecule has 0 aliphatic rings. The van der Waals surface area contributed by atoms with Crippen LogP contribution in [0, 0.1) is 13.8 Å². The van der Waals surface area contributed by atoms with E-state index in [-0.39, 0.29) is 30.8 Å². The lowest BCUT2D eigenvalue weighted by Crippen LogP contribution is -2.35. The lowest BCUT2D eigenvalue weighted by atomic mass is 10.1. The first-order valence-corrected chi connectivity index (χ1v) is 7.66. The van der Waals surface area contributed by atoms with Crippen LogP contribution in [0.15, 0.2) is 0 Å². The summed E-state index contributed by atoms with van der Waals surface area (Å²) in [5.41, 5.74) is 1.79. The van der Waals surface area contributed by atoms with Crippen LogP contribution < -0.4 is 10.6 Å². The van der Waals surface area contributed by atoms with E-state index in [4.69, 9.17) is 4.74 Å². The predicted octanol–water partition coefficient (Wildman–Crippen LogP) is 1.45. The topological polar surface area (TPSA) is 100 Å². The fourth-order valence-corrected chi connectivity index (χ4v) is 2.21. The predicted molar refractivity (Wildman–Crippen MR) is 86.5 cm³/mol. The van der Waals surface area contributed by atoms with E-state index >= 15 is 0 Å². The summed E-state index contributed by atoms with van der Waals surface area (Å²) in [5.74, 6) is -0.936. The molecule has 128 valence electrons. The average Bonchev–Trinajstić information content (AvgIpc) is 2.81. The SMILES string of the molecule is CC[C@@H](C)NC(=O)CCNC(=O)c1[nH]c(C)c(C(=O)OC)c1C. The quantitative estimate of drug-likeness (QED) is 0.661. The molecule has 7 nitrogen and oxygen atoms in total. The van der Waals surface area contributed by atoms with E-state index in [9.17, 15) is 14.4 Å². The molecule has 7 heteroatoms. The average molecular weight is 323 g/mol. The number of aryl methyl sites for hydroxylation is 1. The first-order chi connectivity index (χ1) is 10.8. The van der Waals surface area contributed by atoms with Gasteiger partial charge in [0.2, 0.25) is 5.91 Å². The number of amides is 2. The summed E-state index contributed by atoms with van der Waals surface area (Å²) in [5, 5.41) is 5.51. The summed E-state index contributed by atoms with van der Waals surface area (Å²) in [6, 6.07) is 0.120. The molecule has 1 aromatic rings. The van der Waals surface area contributed by atoms with Gasteiger partial charge in [0.15, 0.2) is 0 Å². The highest BCUT2D eigenvalue weighted by Gasteiger charge is 2.22. The smallest absolute Gasteiger partial charge is 0.339 e. The zero-order chi connectivity index (χ0) is 17.6. The molecule has 0 saturated heterocycles. The van der Waals surface area contributed by atoms with Gasteiger partial charge in [0, 0.05) is 24.7 Å². The maximum Gasteiger partial charge on any atom is 0.339 e. The van der Waals surface area contributed by atoms with Crippen LogP contribution in [0.4, 0.5) is 0 Å². The molecule has 1 rings (SSSR count). The Morgan fingerprint density at radius 3 is 2.48 bits per heavy atom. The summed E-state index contributed by atoms with van der Waals surface area (Å²) in [6.07, 6.45) is 1.06. The van der Waals surface area contributed by atoms with Crippen LogP contribution in [0.3, 0.4) is 0 Å². The summed E-state index contributed by atoms with van der Waals surface area (Å²) < 4.78 is 4.71. The van der Waals surface area contributed by atoms with Crippen molar-refractivity contribution in [3.8, 4) is 0 Å². The fourth-order valence-electron chi connectivity index (χ4n) is 2.21. The molecular formula is C16H25N3O4. The van der Waals surface area contributed by atoms with Crippen LogP contribution in [0.2, 0.25) is 0 Å². The van der Waals surface area contributed by atoms with E-state index in [0.29, 0.717) is 22.5 Å². The van der Waals surface area contributed by atoms with E-state index in [1.165, 1.54) is 7.11 Å². The highest BCUT2D eigenvalue weighted by Crippen LogP contribution is 2.18. The van der Waals surface area contributed by atoms with E-state index in [2.05, 4.69) is 15.6 Å². The second-order valence-electron chi connectivity index (χ2n) is 5.50. The molecule has 0 fully saturated rings. The normalized spacial score (nSPS) is 11.7. The van der Waals surface area contributed by atoms with Gasteiger partial charge in [0.1, 0.15) is 5.69 Å². The number of carbonyl (C=O) groups is 3. The zero-order valence-corrected chi connectivity index (χ0v) is 14.3. The van der Waals surface area contributed by atoms with E-state index in [0.717, 1.165) is 6.42 Å². The molecule has 0 radical (unpaired) electrons. The van der Waals surface area contributed by atoms with Crippen molar-refractivity contribution in [2.75, 3.05) is 13.7 Å². The van der Waals surface area contributed by atoms with Gasteiger partial charge >= 0.3 is 5.97 Å². The van der Waals surface area contributed by atoms with Gasteiger partial charge in [-0.15, -0.1) is 0 Å². The highest BCUT2D eigenvalue weighted by molar-refractivity contribution is 6.00. The number of H-pyrrole nitrogens is 1. The van der Waals surface area contributed by atoms with Crippen LogP contribution in [0.1, 0.15) is 58.8 Å². The Hall–Kier alpha value is -2.31. The van der Waals surface area contributed by atoms with Gasteiger partial charge in [-0.1, -0.05) is 6.92 Å². The molecule has 0 aliphatic carbocycles. The Kier molecular flexibility index (Phi) is 6.81. The maximum absolute atomic E-state index is 12.2. The Morgan fingerprint density at radius 2 is 1.91 bits per heavy atom. The van der Waals surface area contributed by atoms with E-state index in [1.54, 1.807) is 13.8 Å². The molecule has 1 heterocycles. The van der Waals surface area contributed by atoms with Crippen molar-refractivity contribution in [1.82, 2.24) is 15.6 Å². The van der Waals surface area contributed by atoms with Crippen molar-refractivity contribution in [3.63, 3.8) is 0 Å². The summed E-state index contributed by atoms with van der Waals surface area (Å²) in [6.45, 7) is 7.53. The number of ether oxygens (including phenoxy) is 1. The van der Waals surface area contributed by atoms with E-state index < -0.39 is 5.97 Å². The first kappa shape index (κ1) is 18.7. The maximum atomic E-state index is 12.2. The number of hydrogen-bond donors (Lipinski definition) is 3. The first-order valence-electron chi connectivity index (χ1n) is 7.66. The van der Waals surface area contributed by atoms with Crippen molar-refractivity contribution in [3.05, 3.63) is 22.5 Å². The largest absolute Gasteiger partial charge is 0.465 e. The van der Waals surface area contributed by atoms with Crippen molar-refractivity contribution >= 4 is 17.8 Å². The molecule has 0 aliphatic heterocycles. The molecule has 0 spiro atoms. The molecule has 23 heavy (non-hydrogen) atoms. The Bertz CT molecular complexity index is 592. The second kappa shape index (κ2) is 8.36. The number of aromatic amines is 1. The second-order valence-corrected chi connectivity index (χ2v) is 5.50. The Labute approximate surface area is 136 Å². The number of esters is 1. The lowest BCUT2D eigenvalue weighted by Gasteiger charge is -2.11. The molecule has 3 N–H and O–H groups in total. The number of carbonyl (C=O) groups excluding carboxylic acids is 3. The highest BCUT2D eigenvalue weighted by atomic mass is 16.5. The van der Waals surface area contributed by atoms with Gasteiger partial charge in [-0.2, -0.15) is 0 Å². The van der Waals surface area contributed by atoms with Gasteiger partial charge < -0.3 is 20.4 Å². The van der Waals surface area contributed by atoms with Crippen LogP contribution in [0.25, 0.3) is 0 Å². The third kappa shape index (κ3) is 4.84. The van der Waals surface area contributed by atoms with Gasteiger partial charge in [-0.25, -0.2) is 4.79 Å². The summed E-state index contributed by atoms with van der Waals surface area (Å²) in [4.78, 5) is 38.4. The molecular weight excluding hydrogens is 298 g/mol. The van der Waals surface area contributed by atoms with Gasteiger partial charge in [-0.3, -0.25) is 9.59 Å². The third-order valence-corrected chi connectivity index (χ3v) is 3.71. The molecule has 0 bridgehead atoms. The summed E-state index contributed by atoms with van der Waals surface area (Å²) >= 11 is 0. The molecule has 0 unspecified atom stereocenters. The van der Waals surface area contributed by atoms with Gasteiger partial charge in [0.25, 0.3) is 5.91 Å². The molecule has 0 aromatic carbocycles. The third-order valence-electron chi connectivity index (χ3n) is 3.71. The summed E-state index contributed by atoms with van der Waals surface area (Å²) in [7, 11) is 1.30. The number of methoxy groups -OCH3 is 1. The van der Waals surface area contributed by atoms with Gasteiger partial charge in [-0.05, 0) is 32.8 Å². The van der Waals surface area contributed by atoms with Crippen LogP contribution in [-0.4, -0.2) is 42.5 Å². The minimum atomic E-state index is -0.483. The van der Waals surface area contributed by atoms with Crippen LogP contribution in [0.5, 0.6) is 0 Å². The Morgan fingerprint density at radius 1 is 1.26 bits per heavy atom. The van der Waals surface area contributed by atoms with E-state index in [1.807, 2.05) is 13.8 Å². The molecule has 1 aromatic heterocycles. The van der Waals surface area contributed by atoms with Gasteiger partial charge in [0.05, 0.1) is 12.7 Å². The molecule has 2 amide bonds. The molecule has 1 atom stereocenters. The number of rotatable bonds is 7.